The largest absolute Gasteiger partial charge is 0.379 e. The number of nitrogens with zero attached hydrogens (tertiary/aromatic N) is 1. The molecule has 1 saturated heterocycles. The number of ether oxygens (including phenoxy) is 1. The van der Waals surface area contributed by atoms with E-state index in [9.17, 15) is 0 Å². The molecule has 0 amide bonds. The van der Waals surface area contributed by atoms with Gasteiger partial charge >= 0.3 is 0 Å². The molecule has 0 spiro atoms. The van der Waals surface area contributed by atoms with E-state index in [-0.39, 0.29) is 0 Å². The molecule has 2 N–H and O–H groups in total. The van der Waals surface area contributed by atoms with Gasteiger partial charge in [-0.05, 0) is 34.2 Å². The first-order chi connectivity index (χ1) is 8.09. The van der Waals surface area contributed by atoms with Crippen LogP contribution in [0.25, 0.3) is 0 Å². The molecule has 2 unspecified atom stereocenters. The normalized spacial score (nSPS) is 23.3. The summed E-state index contributed by atoms with van der Waals surface area (Å²) in [6.45, 7) is 11.6. The van der Waals surface area contributed by atoms with E-state index in [2.05, 4.69) is 43.4 Å². The number of hydrogen-bond donors (Lipinski definition) is 2. The predicted octanol–water partition coefficient (Wildman–Crippen LogP) is 0.683. The first-order valence-corrected chi connectivity index (χ1v) is 6.84. The van der Waals surface area contributed by atoms with Crippen molar-refractivity contribution in [2.45, 2.75) is 45.3 Å². The van der Waals surface area contributed by atoms with Crippen LogP contribution in [0, 0.1) is 0 Å². The number of rotatable bonds is 7. The van der Waals surface area contributed by atoms with Gasteiger partial charge < -0.3 is 20.3 Å². The highest BCUT2D eigenvalue weighted by Crippen LogP contribution is 2.02. The van der Waals surface area contributed by atoms with E-state index < -0.39 is 0 Å². The fraction of sp³-hybridized carbons (Fsp3) is 1.00. The molecule has 1 fully saturated rings. The highest BCUT2D eigenvalue weighted by molar-refractivity contribution is 4.76. The summed E-state index contributed by atoms with van der Waals surface area (Å²) < 4.78 is 5.46. The van der Waals surface area contributed by atoms with Crippen LogP contribution in [0.3, 0.4) is 0 Å². The van der Waals surface area contributed by atoms with E-state index in [0.29, 0.717) is 18.1 Å². The molecule has 0 aliphatic carbocycles. The zero-order chi connectivity index (χ0) is 12.7. The molecule has 0 bridgehead atoms. The number of hydrogen-bond acceptors (Lipinski definition) is 4. The maximum atomic E-state index is 5.46. The molecule has 0 radical (unpaired) electrons. The Kier molecular flexibility index (Phi) is 7.04. The molecule has 1 heterocycles. The lowest BCUT2D eigenvalue weighted by molar-refractivity contribution is 0.0711. The van der Waals surface area contributed by atoms with Crippen LogP contribution in [0.4, 0.5) is 0 Å². The number of likely N-dealkylation sites (N-methyl/N-ethyl adjacent to an activating group) is 1. The molecular weight excluding hydrogens is 214 g/mol. The third-order valence-corrected chi connectivity index (χ3v) is 3.48. The lowest BCUT2D eigenvalue weighted by atomic mass is 10.1. The Morgan fingerprint density at radius 1 is 1.41 bits per heavy atom. The maximum Gasteiger partial charge on any atom is 0.0620 e. The van der Waals surface area contributed by atoms with Gasteiger partial charge in [0.25, 0.3) is 0 Å². The smallest absolute Gasteiger partial charge is 0.0620 e. The first kappa shape index (κ1) is 14.9. The molecule has 0 aromatic heterocycles. The second-order valence-electron chi connectivity index (χ2n) is 5.39. The zero-order valence-electron chi connectivity index (χ0n) is 11.8. The minimum Gasteiger partial charge on any atom is -0.379 e. The van der Waals surface area contributed by atoms with Gasteiger partial charge in [0.15, 0.2) is 0 Å². The van der Waals surface area contributed by atoms with Gasteiger partial charge in [-0.15, -0.1) is 0 Å². The van der Waals surface area contributed by atoms with Crippen molar-refractivity contribution in [3.63, 3.8) is 0 Å². The van der Waals surface area contributed by atoms with Crippen molar-refractivity contribution in [3.05, 3.63) is 0 Å². The Balaban J connectivity index is 2.06. The van der Waals surface area contributed by atoms with Gasteiger partial charge in [-0.25, -0.2) is 0 Å². The van der Waals surface area contributed by atoms with Gasteiger partial charge in [-0.1, -0.05) is 0 Å². The molecule has 1 aliphatic rings. The van der Waals surface area contributed by atoms with Gasteiger partial charge in [-0.2, -0.15) is 0 Å². The summed E-state index contributed by atoms with van der Waals surface area (Å²) in [6.07, 6.45) is 1.14. The first-order valence-electron chi connectivity index (χ1n) is 6.84. The van der Waals surface area contributed by atoms with Crippen molar-refractivity contribution in [1.82, 2.24) is 15.5 Å². The van der Waals surface area contributed by atoms with E-state index in [1.165, 1.54) is 0 Å². The van der Waals surface area contributed by atoms with E-state index in [4.69, 9.17) is 4.74 Å². The molecular formula is C13H29N3O. The summed E-state index contributed by atoms with van der Waals surface area (Å²) in [5, 5.41) is 7.07. The Labute approximate surface area is 106 Å². The molecule has 1 rings (SSSR count). The van der Waals surface area contributed by atoms with Gasteiger partial charge in [-0.3, -0.25) is 0 Å². The van der Waals surface area contributed by atoms with Crippen molar-refractivity contribution < 1.29 is 4.74 Å². The van der Waals surface area contributed by atoms with E-state index >= 15 is 0 Å². The van der Waals surface area contributed by atoms with Crippen LogP contribution in [0.2, 0.25) is 0 Å². The SMILES string of the molecule is CC(CC1COCCN1)NCCN(C)C(C)C. The van der Waals surface area contributed by atoms with Crippen LogP contribution in [0.1, 0.15) is 27.2 Å². The Morgan fingerprint density at radius 2 is 2.18 bits per heavy atom. The third kappa shape index (κ3) is 6.36. The predicted molar refractivity (Wildman–Crippen MR) is 72.5 cm³/mol. The van der Waals surface area contributed by atoms with Gasteiger partial charge in [0.1, 0.15) is 0 Å². The monoisotopic (exact) mass is 243 g/mol. The molecule has 4 nitrogen and oxygen atoms in total. The van der Waals surface area contributed by atoms with E-state index in [0.717, 1.165) is 39.3 Å². The average Bonchev–Trinajstić information content (AvgIpc) is 2.30. The highest BCUT2D eigenvalue weighted by atomic mass is 16.5. The minimum absolute atomic E-state index is 0.522. The molecule has 2 atom stereocenters. The summed E-state index contributed by atoms with van der Waals surface area (Å²) in [7, 11) is 2.17. The summed E-state index contributed by atoms with van der Waals surface area (Å²) >= 11 is 0. The van der Waals surface area contributed by atoms with E-state index in [1.54, 1.807) is 0 Å². The van der Waals surface area contributed by atoms with Gasteiger partial charge in [0.05, 0.1) is 13.2 Å². The Bertz CT molecular complexity index is 193. The summed E-state index contributed by atoms with van der Waals surface area (Å²) in [5.41, 5.74) is 0. The topological polar surface area (TPSA) is 36.5 Å². The molecule has 0 saturated carbocycles. The van der Waals surface area contributed by atoms with Crippen LogP contribution in [0.15, 0.2) is 0 Å². The fourth-order valence-corrected chi connectivity index (χ4v) is 2.03. The molecule has 0 aromatic carbocycles. The Morgan fingerprint density at radius 3 is 2.76 bits per heavy atom. The standard InChI is InChI=1S/C13H29N3O/c1-11(2)16(4)7-5-14-12(3)9-13-10-17-8-6-15-13/h11-15H,5-10H2,1-4H3. The zero-order valence-corrected chi connectivity index (χ0v) is 11.8. The van der Waals surface area contributed by atoms with Crippen LogP contribution in [-0.4, -0.2) is 62.9 Å². The highest BCUT2D eigenvalue weighted by Gasteiger charge is 2.15. The van der Waals surface area contributed by atoms with Gasteiger partial charge in [0, 0.05) is 37.8 Å². The van der Waals surface area contributed by atoms with Crippen LogP contribution < -0.4 is 10.6 Å². The van der Waals surface area contributed by atoms with Crippen molar-refractivity contribution in [2.75, 3.05) is 39.9 Å². The van der Waals surface area contributed by atoms with E-state index in [1.807, 2.05) is 0 Å². The van der Waals surface area contributed by atoms with Crippen LogP contribution in [0.5, 0.6) is 0 Å². The maximum absolute atomic E-state index is 5.46. The second-order valence-corrected chi connectivity index (χ2v) is 5.39. The lowest BCUT2D eigenvalue weighted by Crippen LogP contribution is -2.46. The molecule has 4 heteroatoms. The minimum atomic E-state index is 0.522. The quantitative estimate of drug-likeness (QED) is 0.689. The Hall–Kier alpha value is -0.160. The van der Waals surface area contributed by atoms with Crippen molar-refractivity contribution in [2.24, 2.45) is 0 Å². The average molecular weight is 243 g/mol. The fourth-order valence-electron chi connectivity index (χ4n) is 2.03. The molecule has 0 aromatic rings. The van der Waals surface area contributed by atoms with Crippen molar-refractivity contribution in [3.8, 4) is 0 Å². The van der Waals surface area contributed by atoms with Crippen LogP contribution >= 0.6 is 0 Å². The molecule has 1 aliphatic heterocycles. The van der Waals surface area contributed by atoms with Crippen LogP contribution in [-0.2, 0) is 4.74 Å². The summed E-state index contributed by atoms with van der Waals surface area (Å²) in [5.74, 6) is 0. The third-order valence-electron chi connectivity index (χ3n) is 3.48. The summed E-state index contributed by atoms with van der Waals surface area (Å²) in [4.78, 5) is 2.36. The molecule has 102 valence electrons. The second kappa shape index (κ2) is 8.03. The van der Waals surface area contributed by atoms with Gasteiger partial charge in [0.2, 0.25) is 0 Å². The molecule has 17 heavy (non-hydrogen) atoms. The summed E-state index contributed by atoms with van der Waals surface area (Å²) in [6, 6.07) is 1.70. The number of nitrogens with one attached hydrogen (secondary N) is 2. The van der Waals surface area contributed by atoms with Crippen molar-refractivity contribution >= 4 is 0 Å². The number of morpholine rings is 1. The lowest BCUT2D eigenvalue weighted by Gasteiger charge is -2.27. The van der Waals surface area contributed by atoms with Crippen molar-refractivity contribution in [1.29, 1.82) is 0 Å².